The van der Waals surface area contributed by atoms with Crippen LogP contribution >= 0.6 is 23.2 Å². The average molecular weight is 277 g/mol. The fourth-order valence-corrected chi connectivity index (χ4v) is 2.03. The highest BCUT2D eigenvalue weighted by atomic mass is 35.5. The van der Waals surface area contributed by atoms with Crippen LogP contribution in [0.15, 0.2) is 42.7 Å². The van der Waals surface area contributed by atoms with Crippen molar-refractivity contribution in [1.82, 2.24) is 4.98 Å². The number of benzene rings is 1. The Hall–Kier alpha value is -1.56. The van der Waals surface area contributed by atoms with Crippen LogP contribution < -0.4 is 0 Å². The minimum absolute atomic E-state index is 0.234. The first-order chi connectivity index (χ1) is 8.70. The second-order valence-corrected chi connectivity index (χ2v) is 4.73. The molecule has 0 saturated carbocycles. The van der Waals surface area contributed by atoms with Crippen LogP contribution in [0.25, 0.3) is 0 Å². The summed E-state index contributed by atoms with van der Waals surface area (Å²) in [4.78, 5) is 3.96. The zero-order valence-electron chi connectivity index (χ0n) is 9.48. The average Bonchev–Trinajstić information content (AvgIpc) is 2.40. The molecule has 0 N–H and O–H groups in total. The molecule has 1 aromatic carbocycles. The maximum atomic E-state index is 9.26. The van der Waals surface area contributed by atoms with Gasteiger partial charge in [0.15, 0.2) is 0 Å². The van der Waals surface area contributed by atoms with E-state index in [1.807, 2.05) is 18.2 Å². The van der Waals surface area contributed by atoms with E-state index in [0.29, 0.717) is 16.5 Å². The Morgan fingerprint density at radius 3 is 2.44 bits per heavy atom. The number of aromatic nitrogens is 1. The fraction of sp³-hybridized carbons (Fsp3) is 0.143. The van der Waals surface area contributed by atoms with E-state index in [1.165, 1.54) is 0 Å². The molecule has 4 heteroatoms. The van der Waals surface area contributed by atoms with Gasteiger partial charge in [-0.2, -0.15) is 5.26 Å². The van der Waals surface area contributed by atoms with E-state index < -0.39 is 0 Å². The highest BCUT2D eigenvalue weighted by molar-refractivity contribution is 6.42. The molecule has 0 aliphatic rings. The lowest BCUT2D eigenvalue weighted by molar-refractivity contribution is 0.847. The van der Waals surface area contributed by atoms with Crippen molar-refractivity contribution < 1.29 is 0 Å². The number of rotatable bonds is 3. The Bertz CT molecular complexity index is 576. The largest absolute Gasteiger partial charge is 0.265 e. The van der Waals surface area contributed by atoms with Crippen LogP contribution in [0, 0.1) is 11.3 Å². The van der Waals surface area contributed by atoms with Gasteiger partial charge in [-0.05, 0) is 41.8 Å². The van der Waals surface area contributed by atoms with Gasteiger partial charge in [-0.15, -0.1) is 0 Å². The van der Waals surface area contributed by atoms with Crippen molar-refractivity contribution in [3.8, 4) is 6.07 Å². The molecule has 1 aromatic heterocycles. The van der Waals surface area contributed by atoms with E-state index in [1.54, 1.807) is 24.5 Å². The summed E-state index contributed by atoms with van der Waals surface area (Å²) in [6.07, 6.45) is 4.08. The normalized spacial score (nSPS) is 11.8. The summed E-state index contributed by atoms with van der Waals surface area (Å²) in [7, 11) is 0. The number of nitriles is 1. The summed E-state index contributed by atoms with van der Waals surface area (Å²) in [6, 6.07) is 11.4. The standard InChI is InChI=1S/C14H10Cl2N2/c15-13-2-1-11(8-14(13)16)12(9-17)7-10-3-5-18-6-4-10/h1-6,8,12H,7H2. The van der Waals surface area contributed by atoms with Crippen molar-refractivity contribution in [2.24, 2.45) is 0 Å². The van der Waals surface area contributed by atoms with Crippen molar-refractivity contribution in [1.29, 1.82) is 5.26 Å². The molecule has 0 fully saturated rings. The third kappa shape index (κ3) is 3.01. The summed E-state index contributed by atoms with van der Waals surface area (Å²) in [5.74, 6) is -0.234. The van der Waals surface area contributed by atoms with Crippen molar-refractivity contribution >= 4 is 23.2 Å². The molecule has 0 spiro atoms. The summed E-state index contributed by atoms with van der Waals surface area (Å²) in [5.41, 5.74) is 1.95. The molecular weight excluding hydrogens is 267 g/mol. The molecule has 0 aliphatic carbocycles. The van der Waals surface area contributed by atoms with Gasteiger partial charge in [-0.3, -0.25) is 4.98 Å². The maximum absolute atomic E-state index is 9.26. The van der Waals surface area contributed by atoms with Crippen LogP contribution in [-0.2, 0) is 6.42 Å². The Morgan fingerprint density at radius 2 is 1.83 bits per heavy atom. The topological polar surface area (TPSA) is 36.7 Å². The van der Waals surface area contributed by atoms with Gasteiger partial charge in [-0.1, -0.05) is 29.3 Å². The van der Waals surface area contributed by atoms with Crippen molar-refractivity contribution in [2.45, 2.75) is 12.3 Å². The van der Waals surface area contributed by atoms with E-state index >= 15 is 0 Å². The highest BCUT2D eigenvalue weighted by Crippen LogP contribution is 2.28. The Labute approximate surface area is 116 Å². The van der Waals surface area contributed by atoms with Gasteiger partial charge >= 0.3 is 0 Å². The molecule has 0 saturated heterocycles. The van der Waals surface area contributed by atoms with Crippen LogP contribution in [0.5, 0.6) is 0 Å². The number of pyridine rings is 1. The highest BCUT2D eigenvalue weighted by Gasteiger charge is 2.12. The smallest absolute Gasteiger partial charge is 0.0753 e. The van der Waals surface area contributed by atoms with Crippen LogP contribution in [-0.4, -0.2) is 4.98 Å². The van der Waals surface area contributed by atoms with Crippen molar-refractivity contribution in [2.75, 3.05) is 0 Å². The first-order valence-corrected chi connectivity index (χ1v) is 6.20. The van der Waals surface area contributed by atoms with Crippen LogP contribution in [0.4, 0.5) is 0 Å². The zero-order valence-corrected chi connectivity index (χ0v) is 11.0. The third-order valence-electron chi connectivity index (χ3n) is 2.69. The van der Waals surface area contributed by atoms with Crippen molar-refractivity contribution in [3.63, 3.8) is 0 Å². The lowest BCUT2D eigenvalue weighted by Crippen LogP contribution is -2.00. The SMILES string of the molecule is N#CC(Cc1ccncc1)c1ccc(Cl)c(Cl)c1. The lowest BCUT2D eigenvalue weighted by atomic mass is 9.94. The van der Waals surface area contributed by atoms with E-state index in [0.717, 1.165) is 11.1 Å². The van der Waals surface area contributed by atoms with Crippen LogP contribution in [0.1, 0.15) is 17.0 Å². The molecule has 1 atom stereocenters. The maximum Gasteiger partial charge on any atom is 0.0753 e. The van der Waals surface area contributed by atoms with Gasteiger partial charge in [0.05, 0.1) is 22.0 Å². The molecule has 1 heterocycles. The van der Waals surface area contributed by atoms with Crippen molar-refractivity contribution in [3.05, 3.63) is 63.9 Å². The van der Waals surface area contributed by atoms with Crippen LogP contribution in [0.2, 0.25) is 10.0 Å². The number of halogens is 2. The second kappa shape index (κ2) is 5.86. The Kier molecular flexibility index (Phi) is 4.19. The predicted octanol–water partition coefficient (Wildman–Crippen LogP) is 4.24. The van der Waals surface area contributed by atoms with E-state index in [4.69, 9.17) is 23.2 Å². The molecule has 2 aromatic rings. The summed E-state index contributed by atoms with van der Waals surface area (Å²) in [6.45, 7) is 0. The Morgan fingerprint density at radius 1 is 1.11 bits per heavy atom. The monoisotopic (exact) mass is 276 g/mol. The first-order valence-electron chi connectivity index (χ1n) is 5.44. The molecule has 0 aliphatic heterocycles. The third-order valence-corrected chi connectivity index (χ3v) is 3.43. The van der Waals surface area contributed by atoms with Gasteiger partial charge < -0.3 is 0 Å². The minimum atomic E-state index is -0.234. The molecule has 18 heavy (non-hydrogen) atoms. The van der Waals surface area contributed by atoms with Gasteiger partial charge in [0.25, 0.3) is 0 Å². The summed E-state index contributed by atoms with van der Waals surface area (Å²) < 4.78 is 0. The van der Waals surface area contributed by atoms with Gasteiger partial charge in [0.2, 0.25) is 0 Å². The lowest BCUT2D eigenvalue weighted by Gasteiger charge is -2.10. The quantitative estimate of drug-likeness (QED) is 0.841. The van der Waals surface area contributed by atoms with Crippen LogP contribution in [0.3, 0.4) is 0 Å². The summed E-state index contributed by atoms with van der Waals surface area (Å²) in [5, 5.41) is 10.2. The molecule has 0 bridgehead atoms. The first kappa shape index (κ1) is 12.9. The molecule has 2 rings (SSSR count). The molecule has 2 nitrogen and oxygen atoms in total. The Balaban J connectivity index is 2.24. The molecular formula is C14H10Cl2N2. The summed E-state index contributed by atoms with van der Waals surface area (Å²) >= 11 is 11.8. The zero-order chi connectivity index (χ0) is 13.0. The molecule has 0 amide bonds. The van der Waals surface area contributed by atoms with E-state index in [2.05, 4.69) is 11.1 Å². The van der Waals surface area contributed by atoms with Gasteiger partial charge in [0, 0.05) is 12.4 Å². The molecule has 0 radical (unpaired) electrons. The van der Waals surface area contributed by atoms with E-state index in [9.17, 15) is 5.26 Å². The number of hydrogen-bond acceptors (Lipinski definition) is 2. The number of nitrogens with zero attached hydrogens (tertiary/aromatic N) is 2. The molecule has 1 unspecified atom stereocenters. The molecule has 90 valence electrons. The fourth-order valence-electron chi connectivity index (χ4n) is 1.72. The number of hydrogen-bond donors (Lipinski definition) is 0. The van der Waals surface area contributed by atoms with Gasteiger partial charge in [0.1, 0.15) is 0 Å². The second-order valence-electron chi connectivity index (χ2n) is 3.91. The van der Waals surface area contributed by atoms with E-state index in [-0.39, 0.29) is 5.92 Å². The predicted molar refractivity (Wildman–Crippen MR) is 72.8 cm³/mol. The minimum Gasteiger partial charge on any atom is -0.265 e. The van der Waals surface area contributed by atoms with Gasteiger partial charge in [-0.25, -0.2) is 0 Å².